The van der Waals surface area contributed by atoms with Gasteiger partial charge in [0.15, 0.2) is 5.96 Å². The molecule has 2 aromatic heterocycles. The first-order valence-electron chi connectivity index (χ1n) is 10.1. The van der Waals surface area contributed by atoms with Crippen molar-refractivity contribution in [3.05, 3.63) is 77.6 Å². The van der Waals surface area contributed by atoms with Gasteiger partial charge in [0.05, 0.1) is 13.0 Å². The number of halogens is 4. The van der Waals surface area contributed by atoms with Crippen molar-refractivity contribution in [1.82, 2.24) is 14.5 Å². The molecule has 1 aromatic carbocycles. The van der Waals surface area contributed by atoms with Crippen molar-refractivity contribution in [1.29, 1.82) is 5.41 Å². The summed E-state index contributed by atoms with van der Waals surface area (Å²) in [7, 11) is 2.25. The molecular formula is C23H21F4N5O3. The van der Waals surface area contributed by atoms with Gasteiger partial charge in [-0.3, -0.25) is 15.1 Å². The Morgan fingerprint density at radius 1 is 1.20 bits per heavy atom. The number of methoxy groups -OCH3 is 1. The van der Waals surface area contributed by atoms with Crippen LogP contribution in [0.2, 0.25) is 0 Å². The van der Waals surface area contributed by atoms with Crippen LogP contribution in [-0.4, -0.2) is 52.6 Å². The maximum Gasteiger partial charge on any atom is 0.406 e. The Morgan fingerprint density at radius 2 is 1.91 bits per heavy atom. The molecule has 12 heteroatoms. The summed E-state index contributed by atoms with van der Waals surface area (Å²) >= 11 is 0. The van der Waals surface area contributed by atoms with Crippen molar-refractivity contribution in [2.75, 3.05) is 14.2 Å². The zero-order chi connectivity index (χ0) is 25.9. The number of amides is 1. The summed E-state index contributed by atoms with van der Waals surface area (Å²) in [6, 6.07) is 10.2. The van der Waals surface area contributed by atoms with E-state index in [-0.39, 0.29) is 16.7 Å². The molecule has 1 amide bonds. The Bertz CT molecular complexity index is 1270. The highest BCUT2D eigenvalue weighted by atomic mass is 19.4. The predicted octanol–water partition coefficient (Wildman–Crippen LogP) is 3.52. The second kappa shape index (κ2) is 9.95. The number of benzene rings is 1. The fourth-order valence-corrected chi connectivity index (χ4v) is 3.57. The van der Waals surface area contributed by atoms with Gasteiger partial charge in [0.2, 0.25) is 11.9 Å². The first-order valence-corrected chi connectivity index (χ1v) is 10.1. The van der Waals surface area contributed by atoms with Crippen LogP contribution < -0.4 is 5.73 Å². The van der Waals surface area contributed by atoms with Crippen LogP contribution in [0.25, 0.3) is 11.1 Å². The topological polar surface area (TPSA) is 114 Å². The lowest BCUT2D eigenvalue weighted by Crippen LogP contribution is -2.41. The molecule has 0 aliphatic carbocycles. The van der Waals surface area contributed by atoms with E-state index in [9.17, 15) is 27.2 Å². The number of ether oxygens (including phenoxy) is 1. The van der Waals surface area contributed by atoms with Crippen molar-refractivity contribution in [3.63, 3.8) is 0 Å². The van der Waals surface area contributed by atoms with E-state index in [0.29, 0.717) is 10.1 Å². The van der Waals surface area contributed by atoms with Gasteiger partial charge >= 0.3 is 12.1 Å². The minimum Gasteiger partial charge on any atom is -0.464 e. The van der Waals surface area contributed by atoms with E-state index in [2.05, 4.69) is 9.72 Å². The molecule has 1 atom stereocenters. The normalized spacial score (nSPS) is 12.2. The Balaban J connectivity index is 2.20. The Hall–Kier alpha value is -4.22. The third kappa shape index (κ3) is 5.65. The fourth-order valence-electron chi connectivity index (χ4n) is 3.57. The van der Waals surface area contributed by atoms with E-state index in [1.165, 1.54) is 37.5 Å². The van der Waals surface area contributed by atoms with E-state index < -0.39 is 48.1 Å². The summed E-state index contributed by atoms with van der Waals surface area (Å²) in [4.78, 5) is 29.9. The Labute approximate surface area is 197 Å². The SMILES string of the molecule is COC(=O)c1cc(C(C(=O)N(C)C(=N)N)c2cccc(-c3cccnc3F)c2)cn1CC(F)(F)F. The number of esters is 1. The van der Waals surface area contributed by atoms with Gasteiger partial charge in [-0.15, -0.1) is 0 Å². The summed E-state index contributed by atoms with van der Waals surface area (Å²) in [5, 5.41) is 7.61. The molecule has 3 N–H and O–H groups in total. The van der Waals surface area contributed by atoms with E-state index in [1.54, 1.807) is 12.1 Å². The van der Waals surface area contributed by atoms with Gasteiger partial charge in [-0.2, -0.15) is 17.6 Å². The quantitative estimate of drug-likeness (QED) is 0.180. The second-order valence-electron chi connectivity index (χ2n) is 7.58. The molecule has 0 spiro atoms. The molecule has 35 heavy (non-hydrogen) atoms. The highest BCUT2D eigenvalue weighted by molar-refractivity contribution is 6.00. The van der Waals surface area contributed by atoms with Gasteiger partial charge in [-0.25, -0.2) is 9.78 Å². The van der Waals surface area contributed by atoms with Gasteiger partial charge in [0.1, 0.15) is 12.2 Å². The van der Waals surface area contributed by atoms with Crippen molar-refractivity contribution < 1.29 is 31.9 Å². The Morgan fingerprint density at radius 3 is 2.51 bits per heavy atom. The van der Waals surface area contributed by atoms with E-state index >= 15 is 0 Å². The molecule has 3 aromatic rings. The molecular weight excluding hydrogens is 470 g/mol. The number of nitrogens with zero attached hydrogens (tertiary/aromatic N) is 3. The largest absolute Gasteiger partial charge is 0.464 e. The first-order chi connectivity index (χ1) is 16.4. The van der Waals surface area contributed by atoms with Crippen molar-refractivity contribution >= 4 is 17.8 Å². The third-order valence-corrected chi connectivity index (χ3v) is 5.22. The molecule has 0 radical (unpaired) electrons. The van der Waals surface area contributed by atoms with Crippen LogP contribution in [0, 0.1) is 11.4 Å². The van der Waals surface area contributed by atoms with Crippen LogP contribution in [0.3, 0.4) is 0 Å². The molecule has 0 aliphatic rings. The number of rotatable bonds is 6. The molecule has 1 unspecified atom stereocenters. The number of aromatic nitrogens is 2. The zero-order valence-electron chi connectivity index (χ0n) is 18.6. The van der Waals surface area contributed by atoms with Gasteiger partial charge in [0, 0.05) is 25.0 Å². The molecule has 0 aliphatic heterocycles. The highest BCUT2D eigenvalue weighted by Crippen LogP contribution is 2.33. The lowest BCUT2D eigenvalue weighted by molar-refractivity contribution is -0.140. The summed E-state index contributed by atoms with van der Waals surface area (Å²) in [6.45, 7) is -1.50. The standard InChI is InChI=1S/C23H21F4N5O3/c1-31(22(28)29)20(33)18(14-6-3-5-13(9-14)16-7-4-8-30-19(16)24)15-10-17(21(34)35-2)32(11-15)12-23(25,26)27/h3-11,18H,12H2,1-2H3,(H3,28,29). The van der Waals surface area contributed by atoms with Crippen LogP contribution in [0.5, 0.6) is 0 Å². The molecule has 184 valence electrons. The maximum atomic E-state index is 14.3. The minimum absolute atomic E-state index is 0.0246. The first kappa shape index (κ1) is 25.4. The van der Waals surface area contributed by atoms with Crippen LogP contribution in [0.4, 0.5) is 17.6 Å². The van der Waals surface area contributed by atoms with Crippen LogP contribution >= 0.6 is 0 Å². The smallest absolute Gasteiger partial charge is 0.406 e. The number of pyridine rings is 1. The lowest BCUT2D eigenvalue weighted by Gasteiger charge is -2.23. The minimum atomic E-state index is -4.66. The molecule has 0 bridgehead atoms. The number of guanidine groups is 1. The van der Waals surface area contributed by atoms with Gasteiger partial charge in [-0.05, 0) is 41.0 Å². The maximum absolute atomic E-state index is 14.3. The summed E-state index contributed by atoms with van der Waals surface area (Å²) < 4.78 is 59.0. The predicted molar refractivity (Wildman–Crippen MR) is 118 cm³/mol. The summed E-state index contributed by atoms with van der Waals surface area (Å²) in [5.41, 5.74) is 5.84. The second-order valence-corrected chi connectivity index (χ2v) is 7.58. The number of nitrogens with two attached hydrogens (primary N) is 1. The fraction of sp³-hybridized carbons (Fsp3) is 0.217. The van der Waals surface area contributed by atoms with Gasteiger partial charge in [-0.1, -0.05) is 18.2 Å². The molecule has 8 nitrogen and oxygen atoms in total. The van der Waals surface area contributed by atoms with Crippen molar-refractivity contribution in [2.45, 2.75) is 18.6 Å². The number of alkyl halides is 3. The highest BCUT2D eigenvalue weighted by Gasteiger charge is 2.34. The van der Waals surface area contributed by atoms with Crippen molar-refractivity contribution in [3.8, 4) is 11.1 Å². The van der Waals surface area contributed by atoms with E-state index in [1.807, 2.05) is 0 Å². The number of hydrogen-bond acceptors (Lipinski definition) is 5. The van der Waals surface area contributed by atoms with Crippen LogP contribution in [0.15, 0.2) is 54.9 Å². The lowest BCUT2D eigenvalue weighted by atomic mass is 9.89. The average Bonchev–Trinajstić information content (AvgIpc) is 3.19. The summed E-state index contributed by atoms with van der Waals surface area (Å²) in [6.07, 6.45) is -2.37. The number of carbonyl (C=O) groups is 2. The van der Waals surface area contributed by atoms with Crippen molar-refractivity contribution in [2.24, 2.45) is 5.73 Å². The monoisotopic (exact) mass is 491 g/mol. The number of carbonyl (C=O) groups excluding carboxylic acids is 2. The molecule has 3 rings (SSSR count). The van der Waals surface area contributed by atoms with Crippen LogP contribution in [0.1, 0.15) is 27.5 Å². The summed E-state index contributed by atoms with van der Waals surface area (Å²) in [5.74, 6) is -4.41. The zero-order valence-corrected chi connectivity index (χ0v) is 18.6. The number of nitrogens with one attached hydrogen (secondary N) is 1. The number of likely N-dealkylation sites (N-methyl/N-ethyl adjacent to an activating group) is 1. The van der Waals surface area contributed by atoms with Crippen LogP contribution in [-0.2, 0) is 16.1 Å². The average molecular weight is 491 g/mol. The molecule has 0 saturated heterocycles. The molecule has 0 saturated carbocycles. The Kier molecular flexibility index (Phi) is 7.22. The van der Waals surface area contributed by atoms with E-state index in [0.717, 1.165) is 24.3 Å². The van der Waals surface area contributed by atoms with E-state index in [4.69, 9.17) is 11.1 Å². The third-order valence-electron chi connectivity index (χ3n) is 5.22. The molecule has 0 fully saturated rings. The number of hydrogen-bond donors (Lipinski definition) is 2. The molecule has 2 heterocycles. The van der Waals surface area contributed by atoms with Gasteiger partial charge < -0.3 is 15.0 Å². The van der Waals surface area contributed by atoms with Gasteiger partial charge in [0.25, 0.3) is 0 Å².